The highest BCUT2D eigenvalue weighted by Gasteiger charge is 2.21. The Hall–Kier alpha value is -1.28. The fourth-order valence-electron chi connectivity index (χ4n) is 2.70. The van der Waals surface area contributed by atoms with Gasteiger partial charge >= 0.3 is 0 Å². The number of likely N-dealkylation sites (tertiary alicyclic amines) is 1. The second kappa shape index (κ2) is 8.11. The number of ether oxygens (including phenoxy) is 1. The predicted octanol–water partition coefficient (Wildman–Crippen LogP) is 2.03. The smallest absolute Gasteiger partial charge is 0.136 e. The normalized spacial score (nSPS) is 18.4. The van der Waals surface area contributed by atoms with Gasteiger partial charge in [0.25, 0.3) is 0 Å². The van der Waals surface area contributed by atoms with Crippen LogP contribution in [0.1, 0.15) is 17.5 Å². The van der Waals surface area contributed by atoms with Crippen molar-refractivity contribution >= 4 is 12.4 Å². The number of halogens is 1. The molecule has 0 bridgehead atoms. The van der Waals surface area contributed by atoms with Gasteiger partial charge < -0.3 is 10.1 Å². The van der Waals surface area contributed by atoms with Gasteiger partial charge in [0.1, 0.15) is 11.8 Å². The van der Waals surface area contributed by atoms with E-state index in [0.717, 1.165) is 32.1 Å². The predicted molar refractivity (Wildman–Crippen MR) is 82.3 cm³/mol. The van der Waals surface area contributed by atoms with Crippen LogP contribution in [0.25, 0.3) is 0 Å². The van der Waals surface area contributed by atoms with E-state index in [2.05, 4.69) is 16.3 Å². The molecule has 110 valence electrons. The summed E-state index contributed by atoms with van der Waals surface area (Å²) in [5.74, 6) is 1.43. The third kappa shape index (κ3) is 4.11. The van der Waals surface area contributed by atoms with Crippen LogP contribution in [0.4, 0.5) is 0 Å². The van der Waals surface area contributed by atoms with Crippen LogP contribution in [0.3, 0.4) is 0 Å². The number of nitriles is 1. The molecule has 1 saturated heterocycles. The maximum absolute atomic E-state index is 8.97. The highest BCUT2D eigenvalue weighted by atomic mass is 35.5. The van der Waals surface area contributed by atoms with Crippen molar-refractivity contribution in [3.63, 3.8) is 0 Å². The van der Waals surface area contributed by atoms with Crippen molar-refractivity contribution in [3.05, 3.63) is 29.3 Å². The average molecular weight is 296 g/mol. The Morgan fingerprint density at radius 1 is 1.50 bits per heavy atom. The lowest BCUT2D eigenvalue weighted by molar-refractivity contribution is 0.314. The third-order valence-electron chi connectivity index (χ3n) is 3.66. The van der Waals surface area contributed by atoms with E-state index in [4.69, 9.17) is 10.00 Å². The summed E-state index contributed by atoms with van der Waals surface area (Å²) < 4.78 is 5.25. The van der Waals surface area contributed by atoms with Gasteiger partial charge in [-0.05, 0) is 50.2 Å². The number of hydrogen-bond donors (Lipinski definition) is 1. The number of rotatable bonds is 5. The highest BCUT2D eigenvalue weighted by Crippen LogP contribution is 2.22. The summed E-state index contributed by atoms with van der Waals surface area (Å²) in [6, 6.07) is 7.98. The zero-order valence-electron chi connectivity index (χ0n) is 12.1. The van der Waals surface area contributed by atoms with E-state index in [-0.39, 0.29) is 12.4 Å². The summed E-state index contributed by atoms with van der Waals surface area (Å²) in [6.45, 7) is 4.31. The molecule has 0 radical (unpaired) electrons. The van der Waals surface area contributed by atoms with Crippen molar-refractivity contribution in [1.29, 1.82) is 5.26 Å². The van der Waals surface area contributed by atoms with Crippen molar-refractivity contribution in [2.45, 2.75) is 13.0 Å². The molecule has 4 nitrogen and oxygen atoms in total. The van der Waals surface area contributed by atoms with Crippen LogP contribution in [0.5, 0.6) is 5.75 Å². The highest BCUT2D eigenvalue weighted by molar-refractivity contribution is 5.85. The van der Waals surface area contributed by atoms with Crippen LogP contribution < -0.4 is 10.1 Å². The molecule has 1 aliphatic rings. The molecule has 0 aliphatic carbocycles. The van der Waals surface area contributed by atoms with Gasteiger partial charge in [0.2, 0.25) is 0 Å². The van der Waals surface area contributed by atoms with Gasteiger partial charge in [0.15, 0.2) is 0 Å². The third-order valence-corrected chi connectivity index (χ3v) is 3.66. The van der Waals surface area contributed by atoms with E-state index in [0.29, 0.717) is 11.3 Å². The zero-order chi connectivity index (χ0) is 13.7. The van der Waals surface area contributed by atoms with Gasteiger partial charge in [-0.1, -0.05) is 6.07 Å². The Morgan fingerprint density at radius 2 is 2.30 bits per heavy atom. The molecule has 1 aliphatic heterocycles. The fraction of sp³-hybridized carbons (Fsp3) is 0.533. The number of methoxy groups -OCH3 is 1. The average Bonchev–Trinajstić information content (AvgIpc) is 2.86. The summed E-state index contributed by atoms with van der Waals surface area (Å²) in [6.07, 6.45) is 1.26. The number of benzene rings is 1. The molecule has 0 amide bonds. The lowest BCUT2D eigenvalue weighted by Gasteiger charge is -2.16. The maximum Gasteiger partial charge on any atom is 0.136 e. The van der Waals surface area contributed by atoms with Crippen molar-refractivity contribution in [2.24, 2.45) is 5.92 Å². The van der Waals surface area contributed by atoms with Gasteiger partial charge in [-0.3, -0.25) is 4.90 Å². The van der Waals surface area contributed by atoms with Crippen LogP contribution in [-0.2, 0) is 6.54 Å². The summed E-state index contributed by atoms with van der Waals surface area (Å²) in [4.78, 5) is 2.46. The summed E-state index contributed by atoms with van der Waals surface area (Å²) in [5.41, 5.74) is 1.81. The lowest BCUT2D eigenvalue weighted by atomic mass is 10.1. The first-order valence-electron chi connectivity index (χ1n) is 6.70. The van der Waals surface area contributed by atoms with E-state index in [1.54, 1.807) is 7.11 Å². The van der Waals surface area contributed by atoms with Crippen LogP contribution >= 0.6 is 12.4 Å². The molecule has 0 aromatic heterocycles. The Labute approximate surface area is 127 Å². The van der Waals surface area contributed by atoms with E-state index in [1.165, 1.54) is 12.0 Å². The first kappa shape index (κ1) is 16.8. The Balaban J connectivity index is 0.00000200. The zero-order valence-corrected chi connectivity index (χ0v) is 12.9. The van der Waals surface area contributed by atoms with Crippen LogP contribution in [0, 0.1) is 17.2 Å². The minimum absolute atomic E-state index is 0. The summed E-state index contributed by atoms with van der Waals surface area (Å²) >= 11 is 0. The molecule has 1 N–H and O–H groups in total. The summed E-state index contributed by atoms with van der Waals surface area (Å²) in [5, 5.41) is 12.2. The van der Waals surface area contributed by atoms with E-state index in [9.17, 15) is 0 Å². The maximum atomic E-state index is 8.97. The number of nitrogens with zero attached hydrogens (tertiary/aromatic N) is 2. The van der Waals surface area contributed by atoms with Gasteiger partial charge in [-0.25, -0.2) is 0 Å². The topological polar surface area (TPSA) is 48.3 Å². The minimum atomic E-state index is 0. The van der Waals surface area contributed by atoms with Gasteiger partial charge in [-0.2, -0.15) is 5.26 Å². The molecular weight excluding hydrogens is 274 g/mol. The SMILES string of the molecule is CNCC1CCN(Cc2ccc(C#N)c(OC)c2)C1.Cl. The molecule has 0 saturated carbocycles. The second-order valence-electron chi connectivity index (χ2n) is 5.09. The molecule has 1 heterocycles. The Morgan fingerprint density at radius 3 is 2.95 bits per heavy atom. The fourth-order valence-corrected chi connectivity index (χ4v) is 2.70. The molecule has 1 atom stereocenters. The van der Waals surface area contributed by atoms with Crippen LogP contribution in [-0.4, -0.2) is 38.7 Å². The van der Waals surface area contributed by atoms with E-state index in [1.807, 2.05) is 25.2 Å². The van der Waals surface area contributed by atoms with Crippen LogP contribution in [0.2, 0.25) is 0 Å². The standard InChI is InChI=1S/C15H21N3O.ClH/c1-17-9-13-5-6-18(11-13)10-12-3-4-14(8-16)15(7-12)19-2;/h3-4,7,13,17H,5-6,9-11H2,1-2H3;1H. The Bertz CT molecular complexity index is 473. The van der Waals surface area contributed by atoms with Gasteiger partial charge in [0.05, 0.1) is 12.7 Å². The molecule has 1 unspecified atom stereocenters. The molecule has 5 heteroatoms. The van der Waals surface area contributed by atoms with Gasteiger partial charge in [-0.15, -0.1) is 12.4 Å². The Kier molecular flexibility index (Phi) is 6.80. The molecule has 1 fully saturated rings. The first-order valence-corrected chi connectivity index (χ1v) is 6.70. The largest absolute Gasteiger partial charge is 0.495 e. The molecule has 1 aromatic carbocycles. The van der Waals surface area contributed by atoms with Crippen molar-refractivity contribution < 1.29 is 4.74 Å². The minimum Gasteiger partial charge on any atom is -0.495 e. The van der Waals surface area contributed by atoms with Crippen molar-refractivity contribution in [3.8, 4) is 11.8 Å². The quantitative estimate of drug-likeness (QED) is 0.903. The van der Waals surface area contributed by atoms with Crippen molar-refractivity contribution in [1.82, 2.24) is 10.2 Å². The number of nitrogens with one attached hydrogen (secondary N) is 1. The molecule has 1 aromatic rings. The monoisotopic (exact) mass is 295 g/mol. The second-order valence-corrected chi connectivity index (χ2v) is 5.09. The molecule has 2 rings (SSSR count). The molecular formula is C15H22ClN3O. The van der Waals surface area contributed by atoms with E-state index >= 15 is 0 Å². The lowest BCUT2D eigenvalue weighted by Crippen LogP contribution is -2.24. The van der Waals surface area contributed by atoms with Crippen LogP contribution in [0.15, 0.2) is 18.2 Å². The number of hydrogen-bond acceptors (Lipinski definition) is 4. The van der Waals surface area contributed by atoms with Gasteiger partial charge in [0, 0.05) is 13.1 Å². The molecule has 0 spiro atoms. The van der Waals surface area contributed by atoms with Crippen molar-refractivity contribution in [2.75, 3.05) is 33.8 Å². The van der Waals surface area contributed by atoms with E-state index < -0.39 is 0 Å². The first-order chi connectivity index (χ1) is 9.26. The summed E-state index contributed by atoms with van der Waals surface area (Å²) in [7, 11) is 3.62. The molecule has 20 heavy (non-hydrogen) atoms.